The molecule has 1 amide bonds. The van der Waals surface area contributed by atoms with Crippen LogP contribution in [0.5, 0.6) is 0 Å². The number of carbonyl (C=O) groups is 1. The van der Waals surface area contributed by atoms with E-state index in [0.717, 1.165) is 10.9 Å². The zero-order chi connectivity index (χ0) is 13.7. The van der Waals surface area contributed by atoms with E-state index in [2.05, 4.69) is 25.7 Å². The molecule has 0 aromatic carbocycles. The van der Waals surface area contributed by atoms with Gasteiger partial charge in [-0.25, -0.2) is 0 Å². The van der Waals surface area contributed by atoms with Gasteiger partial charge in [-0.15, -0.1) is 10.2 Å². The summed E-state index contributed by atoms with van der Waals surface area (Å²) in [6.45, 7) is 4.55. The predicted octanol–water partition coefficient (Wildman–Crippen LogP) is 0.991. The fraction of sp³-hybridized carbons (Fsp3) is 0.455. The van der Waals surface area contributed by atoms with Gasteiger partial charge in [0, 0.05) is 12.2 Å². The third-order valence-electron chi connectivity index (χ3n) is 2.46. The summed E-state index contributed by atoms with van der Waals surface area (Å²) < 4.78 is 1.94. The topological polar surface area (TPSA) is 88.5 Å². The Kier molecular flexibility index (Phi) is 4.56. The summed E-state index contributed by atoms with van der Waals surface area (Å²) in [6, 6.07) is 2.11. The van der Waals surface area contributed by atoms with E-state index in [1.54, 1.807) is 12.5 Å². The SMILES string of the molecule is CC(C)n1cnnc1SCC(=O)NCc1ccn[nH]1. The zero-order valence-corrected chi connectivity index (χ0v) is 11.6. The van der Waals surface area contributed by atoms with Crippen LogP contribution in [-0.4, -0.2) is 36.6 Å². The number of thioether (sulfide) groups is 1. The van der Waals surface area contributed by atoms with Crippen molar-refractivity contribution < 1.29 is 4.79 Å². The highest BCUT2D eigenvalue weighted by molar-refractivity contribution is 7.99. The number of hydrogen-bond acceptors (Lipinski definition) is 5. The first-order valence-corrected chi connectivity index (χ1v) is 6.92. The monoisotopic (exact) mass is 280 g/mol. The second-order valence-electron chi connectivity index (χ2n) is 4.26. The van der Waals surface area contributed by atoms with E-state index in [1.165, 1.54) is 11.8 Å². The molecule has 2 aromatic rings. The average Bonchev–Trinajstić information content (AvgIpc) is 3.04. The molecule has 0 unspecified atom stereocenters. The lowest BCUT2D eigenvalue weighted by atomic mass is 10.4. The molecule has 0 saturated heterocycles. The molecule has 19 heavy (non-hydrogen) atoms. The van der Waals surface area contributed by atoms with Crippen LogP contribution in [0.25, 0.3) is 0 Å². The van der Waals surface area contributed by atoms with E-state index in [9.17, 15) is 4.79 Å². The summed E-state index contributed by atoms with van der Waals surface area (Å²) >= 11 is 1.38. The number of nitrogens with zero attached hydrogens (tertiary/aromatic N) is 4. The molecule has 0 fully saturated rings. The van der Waals surface area contributed by atoms with Gasteiger partial charge in [-0.2, -0.15) is 5.10 Å². The van der Waals surface area contributed by atoms with Crippen molar-refractivity contribution in [1.82, 2.24) is 30.3 Å². The smallest absolute Gasteiger partial charge is 0.230 e. The molecule has 0 atom stereocenters. The highest BCUT2D eigenvalue weighted by Crippen LogP contribution is 2.18. The molecule has 2 rings (SSSR count). The van der Waals surface area contributed by atoms with Gasteiger partial charge >= 0.3 is 0 Å². The van der Waals surface area contributed by atoms with Crippen LogP contribution in [0.3, 0.4) is 0 Å². The fourth-order valence-corrected chi connectivity index (χ4v) is 2.32. The minimum Gasteiger partial charge on any atom is -0.350 e. The van der Waals surface area contributed by atoms with Crippen LogP contribution < -0.4 is 5.32 Å². The third kappa shape index (κ3) is 3.82. The van der Waals surface area contributed by atoms with Gasteiger partial charge in [-0.1, -0.05) is 11.8 Å². The van der Waals surface area contributed by atoms with Crippen LogP contribution in [0.4, 0.5) is 0 Å². The van der Waals surface area contributed by atoms with E-state index in [-0.39, 0.29) is 11.9 Å². The van der Waals surface area contributed by atoms with Crippen LogP contribution in [0.15, 0.2) is 23.7 Å². The summed E-state index contributed by atoms with van der Waals surface area (Å²) in [4.78, 5) is 11.7. The first-order valence-electron chi connectivity index (χ1n) is 5.94. The lowest BCUT2D eigenvalue weighted by Gasteiger charge is -2.09. The van der Waals surface area contributed by atoms with Gasteiger partial charge < -0.3 is 9.88 Å². The lowest BCUT2D eigenvalue weighted by Crippen LogP contribution is -2.25. The standard InChI is InChI=1S/C11H16N6OS/c1-8(2)17-7-14-16-11(17)19-6-10(18)12-5-9-3-4-13-15-9/h3-4,7-8H,5-6H2,1-2H3,(H,12,18)(H,13,15). The molecule has 0 spiro atoms. The second kappa shape index (κ2) is 6.37. The van der Waals surface area contributed by atoms with Crippen molar-refractivity contribution in [3.05, 3.63) is 24.3 Å². The molecule has 102 valence electrons. The van der Waals surface area contributed by atoms with E-state index in [0.29, 0.717) is 12.3 Å². The molecular weight excluding hydrogens is 264 g/mol. The molecule has 0 bridgehead atoms. The minimum absolute atomic E-state index is 0.0436. The zero-order valence-electron chi connectivity index (χ0n) is 10.8. The number of nitrogens with one attached hydrogen (secondary N) is 2. The number of aromatic amines is 1. The van der Waals surface area contributed by atoms with Crippen LogP contribution >= 0.6 is 11.8 Å². The van der Waals surface area contributed by atoms with Crippen LogP contribution in [-0.2, 0) is 11.3 Å². The number of amides is 1. The molecule has 0 aliphatic carbocycles. The number of H-pyrrole nitrogens is 1. The first kappa shape index (κ1) is 13.6. The Hall–Kier alpha value is -1.83. The van der Waals surface area contributed by atoms with Crippen molar-refractivity contribution in [2.75, 3.05) is 5.75 Å². The van der Waals surface area contributed by atoms with Crippen molar-refractivity contribution in [2.24, 2.45) is 0 Å². The van der Waals surface area contributed by atoms with Crippen LogP contribution in [0.2, 0.25) is 0 Å². The van der Waals surface area contributed by atoms with Crippen molar-refractivity contribution in [2.45, 2.75) is 31.6 Å². The Morgan fingerprint density at radius 3 is 3.11 bits per heavy atom. The van der Waals surface area contributed by atoms with Gasteiger partial charge in [0.1, 0.15) is 6.33 Å². The molecule has 0 aliphatic rings. The first-order chi connectivity index (χ1) is 9.16. The Bertz CT molecular complexity index is 521. The Balaban J connectivity index is 1.78. The molecule has 0 aliphatic heterocycles. The number of carbonyl (C=O) groups excluding carboxylic acids is 1. The maximum Gasteiger partial charge on any atom is 0.230 e. The maximum atomic E-state index is 11.7. The van der Waals surface area contributed by atoms with Gasteiger partial charge in [0.25, 0.3) is 0 Å². The molecule has 2 aromatic heterocycles. The van der Waals surface area contributed by atoms with Crippen LogP contribution in [0, 0.1) is 0 Å². The number of rotatable bonds is 6. The summed E-state index contributed by atoms with van der Waals surface area (Å²) in [6.07, 6.45) is 3.33. The van der Waals surface area contributed by atoms with Gasteiger partial charge in [0.05, 0.1) is 18.0 Å². The normalized spacial score (nSPS) is 10.9. The van der Waals surface area contributed by atoms with Crippen LogP contribution in [0.1, 0.15) is 25.6 Å². The van der Waals surface area contributed by atoms with Gasteiger partial charge in [0.2, 0.25) is 5.91 Å². The Morgan fingerprint density at radius 2 is 2.42 bits per heavy atom. The van der Waals surface area contributed by atoms with Crippen molar-refractivity contribution in [3.63, 3.8) is 0 Å². The van der Waals surface area contributed by atoms with Gasteiger partial charge in [0.15, 0.2) is 5.16 Å². The van der Waals surface area contributed by atoms with E-state index in [1.807, 2.05) is 24.5 Å². The summed E-state index contributed by atoms with van der Waals surface area (Å²) in [5.74, 6) is 0.275. The maximum absolute atomic E-state index is 11.7. The Morgan fingerprint density at radius 1 is 1.58 bits per heavy atom. The largest absolute Gasteiger partial charge is 0.350 e. The quantitative estimate of drug-likeness (QED) is 0.770. The van der Waals surface area contributed by atoms with Gasteiger partial charge in [-0.3, -0.25) is 9.89 Å². The third-order valence-corrected chi connectivity index (χ3v) is 3.42. The highest BCUT2D eigenvalue weighted by Gasteiger charge is 2.10. The molecular formula is C11H16N6OS. The van der Waals surface area contributed by atoms with Crippen molar-refractivity contribution >= 4 is 17.7 Å². The van der Waals surface area contributed by atoms with E-state index < -0.39 is 0 Å². The average molecular weight is 280 g/mol. The molecule has 2 N–H and O–H groups in total. The number of aromatic nitrogens is 5. The van der Waals surface area contributed by atoms with E-state index >= 15 is 0 Å². The summed E-state index contributed by atoms with van der Waals surface area (Å²) in [7, 11) is 0. The van der Waals surface area contributed by atoms with Gasteiger partial charge in [-0.05, 0) is 19.9 Å². The second-order valence-corrected chi connectivity index (χ2v) is 5.20. The highest BCUT2D eigenvalue weighted by atomic mass is 32.2. The lowest BCUT2D eigenvalue weighted by molar-refractivity contribution is -0.118. The molecule has 8 heteroatoms. The molecule has 0 saturated carbocycles. The number of hydrogen-bond donors (Lipinski definition) is 2. The molecule has 2 heterocycles. The van der Waals surface area contributed by atoms with Crippen molar-refractivity contribution in [1.29, 1.82) is 0 Å². The molecule has 7 nitrogen and oxygen atoms in total. The molecule has 0 radical (unpaired) electrons. The van der Waals surface area contributed by atoms with E-state index in [4.69, 9.17) is 0 Å². The minimum atomic E-state index is -0.0436. The van der Waals surface area contributed by atoms with Crippen molar-refractivity contribution in [3.8, 4) is 0 Å². The predicted molar refractivity (Wildman–Crippen MR) is 71.6 cm³/mol. The fourth-order valence-electron chi connectivity index (χ4n) is 1.45. The summed E-state index contributed by atoms with van der Waals surface area (Å²) in [5, 5.41) is 18.0. The summed E-state index contributed by atoms with van der Waals surface area (Å²) in [5.41, 5.74) is 0.878. The Labute approximate surface area is 115 Å².